The number of hydrogen-bond acceptors (Lipinski definition) is 2. The van der Waals surface area contributed by atoms with Crippen LogP contribution in [-0.2, 0) is 11.3 Å². The summed E-state index contributed by atoms with van der Waals surface area (Å²) in [6.45, 7) is 2.27. The molecule has 0 atom stereocenters. The average Bonchev–Trinajstić information content (AvgIpc) is 2.10. The van der Waals surface area contributed by atoms with Crippen LogP contribution in [0.4, 0.5) is 4.39 Å². The molecule has 0 heterocycles. The molecule has 0 aliphatic carbocycles. The van der Waals surface area contributed by atoms with Gasteiger partial charge < -0.3 is 5.11 Å². The number of benzene rings is 1. The second-order valence-electron chi connectivity index (χ2n) is 3.64. The van der Waals surface area contributed by atoms with Crippen LogP contribution < -0.4 is 0 Å². The molecule has 0 bridgehead atoms. The Morgan fingerprint density at radius 3 is 2.80 bits per heavy atom. The smallest absolute Gasteiger partial charge is 0.317 e. The van der Waals surface area contributed by atoms with E-state index in [4.69, 9.17) is 5.11 Å². The third kappa shape index (κ3) is 3.67. The molecule has 4 heteroatoms. The van der Waals surface area contributed by atoms with Crippen molar-refractivity contribution in [2.45, 2.75) is 13.5 Å². The van der Waals surface area contributed by atoms with Gasteiger partial charge in [0.2, 0.25) is 0 Å². The average molecular weight is 211 g/mol. The van der Waals surface area contributed by atoms with Crippen LogP contribution in [0.3, 0.4) is 0 Å². The van der Waals surface area contributed by atoms with Crippen LogP contribution in [0.2, 0.25) is 0 Å². The van der Waals surface area contributed by atoms with Gasteiger partial charge >= 0.3 is 5.97 Å². The summed E-state index contributed by atoms with van der Waals surface area (Å²) >= 11 is 0. The van der Waals surface area contributed by atoms with E-state index in [0.29, 0.717) is 6.54 Å². The summed E-state index contributed by atoms with van der Waals surface area (Å²) in [6.07, 6.45) is 0. The number of aryl methyl sites for hydroxylation is 1. The molecule has 1 aromatic rings. The largest absolute Gasteiger partial charge is 0.480 e. The third-order valence-corrected chi connectivity index (χ3v) is 2.16. The molecule has 0 saturated heterocycles. The van der Waals surface area contributed by atoms with E-state index in [1.165, 1.54) is 12.1 Å². The summed E-state index contributed by atoms with van der Waals surface area (Å²) < 4.78 is 12.9. The van der Waals surface area contributed by atoms with E-state index < -0.39 is 5.97 Å². The molecule has 0 saturated carbocycles. The summed E-state index contributed by atoms with van der Waals surface area (Å²) in [5.41, 5.74) is 1.78. The van der Waals surface area contributed by atoms with Gasteiger partial charge in [-0.2, -0.15) is 0 Å². The Morgan fingerprint density at radius 1 is 1.53 bits per heavy atom. The van der Waals surface area contributed by atoms with E-state index in [2.05, 4.69) is 0 Å². The Labute approximate surface area is 88.1 Å². The molecule has 0 aromatic heterocycles. The van der Waals surface area contributed by atoms with Crippen LogP contribution in [0.25, 0.3) is 0 Å². The Balaban J connectivity index is 2.71. The van der Waals surface area contributed by atoms with Crippen molar-refractivity contribution in [3.05, 3.63) is 35.1 Å². The second kappa shape index (κ2) is 4.89. The van der Waals surface area contributed by atoms with Gasteiger partial charge in [0.25, 0.3) is 0 Å². The summed E-state index contributed by atoms with van der Waals surface area (Å²) in [5.74, 6) is -1.18. The Hall–Kier alpha value is -1.42. The zero-order valence-corrected chi connectivity index (χ0v) is 8.83. The molecule has 0 amide bonds. The molecule has 1 aromatic carbocycles. The number of hydrogen-bond donors (Lipinski definition) is 1. The lowest BCUT2D eigenvalue weighted by Crippen LogP contribution is -2.25. The molecule has 1 N–H and O–H groups in total. The predicted molar refractivity (Wildman–Crippen MR) is 55.1 cm³/mol. The molecular formula is C11H14FNO2. The van der Waals surface area contributed by atoms with Crippen molar-refractivity contribution in [1.82, 2.24) is 4.90 Å². The number of carboxylic acid groups (broad SMARTS) is 1. The number of nitrogens with zero attached hydrogens (tertiary/aromatic N) is 1. The highest BCUT2D eigenvalue weighted by Gasteiger charge is 2.07. The molecular weight excluding hydrogens is 197 g/mol. The van der Waals surface area contributed by atoms with Crippen LogP contribution in [0.5, 0.6) is 0 Å². The fourth-order valence-electron chi connectivity index (χ4n) is 1.39. The van der Waals surface area contributed by atoms with Crippen molar-refractivity contribution in [3.63, 3.8) is 0 Å². The molecule has 0 fully saturated rings. The lowest BCUT2D eigenvalue weighted by Gasteiger charge is -2.15. The van der Waals surface area contributed by atoms with Crippen molar-refractivity contribution in [3.8, 4) is 0 Å². The molecule has 0 aliphatic rings. The van der Waals surface area contributed by atoms with E-state index in [-0.39, 0.29) is 12.4 Å². The van der Waals surface area contributed by atoms with Gasteiger partial charge in [-0.25, -0.2) is 4.39 Å². The summed E-state index contributed by atoms with van der Waals surface area (Å²) in [4.78, 5) is 12.1. The van der Waals surface area contributed by atoms with Crippen molar-refractivity contribution in [1.29, 1.82) is 0 Å². The van der Waals surface area contributed by atoms with Gasteiger partial charge in [0, 0.05) is 6.54 Å². The normalized spacial score (nSPS) is 10.7. The number of carbonyl (C=O) groups is 1. The highest BCUT2D eigenvalue weighted by Crippen LogP contribution is 2.11. The van der Waals surface area contributed by atoms with Gasteiger partial charge in [0.05, 0.1) is 6.54 Å². The molecule has 0 unspecified atom stereocenters. The van der Waals surface area contributed by atoms with E-state index in [0.717, 1.165) is 11.1 Å². The fraction of sp³-hybridized carbons (Fsp3) is 0.364. The van der Waals surface area contributed by atoms with Gasteiger partial charge in [0.1, 0.15) is 5.82 Å². The minimum atomic E-state index is -0.883. The lowest BCUT2D eigenvalue weighted by molar-refractivity contribution is -0.138. The number of carboxylic acids is 1. The zero-order valence-electron chi connectivity index (χ0n) is 8.83. The van der Waals surface area contributed by atoms with Crippen molar-refractivity contribution >= 4 is 5.97 Å². The van der Waals surface area contributed by atoms with Crippen molar-refractivity contribution < 1.29 is 14.3 Å². The van der Waals surface area contributed by atoms with Gasteiger partial charge in [-0.05, 0) is 37.2 Å². The molecule has 15 heavy (non-hydrogen) atoms. The molecule has 0 spiro atoms. The molecule has 1 rings (SSSR count). The minimum absolute atomic E-state index is 0.0457. The molecule has 3 nitrogen and oxygen atoms in total. The quantitative estimate of drug-likeness (QED) is 0.823. The third-order valence-electron chi connectivity index (χ3n) is 2.16. The molecule has 0 radical (unpaired) electrons. The maximum atomic E-state index is 12.9. The van der Waals surface area contributed by atoms with Crippen molar-refractivity contribution in [2.24, 2.45) is 0 Å². The van der Waals surface area contributed by atoms with E-state index in [9.17, 15) is 9.18 Å². The van der Waals surface area contributed by atoms with Crippen LogP contribution in [0.1, 0.15) is 11.1 Å². The first-order valence-electron chi connectivity index (χ1n) is 4.64. The highest BCUT2D eigenvalue weighted by molar-refractivity contribution is 5.69. The molecule has 0 aliphatic heterocycles. The molecule has 82 valence electrons. The van der Waals surface area contributed by atoms with Crippen LogP contribution in [0.15, 0.2) is 18.2 Å². The number of aliphatic carboxylic acids is 1. The Bertz CT molecular complexity index is 366. The van der Waals surface area contributed by atoms with E-state index in [1.807, 2.05) is 6.92 Å². The van der Waals surface area contributed by atoms with E-state index in [1.54, 1.807) is 18.0 Å². The van der Waals surface area contributed by atoms with Gasteiger partial charge in [-0.1, -0.05) is 6.07 Å². The SMILES string of the molecule is Cc1ccc(F)cc1CN(C)CC(=O)O. The topological polar surface area (TPSA) is 40.5 Å². The second-order valence-corrected chi connectivity index (χ2v) is 3.64. The standard InChI is InChI=1S/C11H14FNO2/c1-8-3-4-10(12)5-9(8)6-13(2)7-11(14)15/h3-5H,6-7H2,1-2H3,(H,14,15). The zero-order chi connectivity index (χ0) is 11.4. The number of halogens is 1. The van der Waals surface area contributed by atoms with Gasteiger partial charge in [-0.3, -0.25) is 9.69 Å². The number of likely N-dealkylation sites (N-methyl/N-ethyl adjacent to an activating group) is 1. The summed E-state index contributed by atoms with van der Waals surface area (Å²) in [5, 5.41) is 8.57. The highest BCUT2D eigenvalue weighted by atomic mass is 19.1. The Morgan fingerprint density at radius 2 is 2.20 bits per heavy atom. The van der Waals surface area contributed by atoms with Crippen LogP contribution in [-0.4, -0.2) is 29.6 Å². The first-order chi connectivity index (χ1) is 6.99. The van der Waals surface area contributed by atoms with Gasteiger partial charge in [0.15, 0.2) is 0 Å². The first kappa shape index (κ1) is 11.7. The monoisotopic (exact) mass is 211 g/mol. The Kier molecular flexibility index (Phi) is 3.80. The van der Waals surface area contributed by atoms with Crippen LogP contribution in [0, 0.1) is 12.7 Å². The van der Waals surface area contributed by atoms with Gasteiger partial charge in [-0.15, -0.1) is 0 Å². The maximum Gasteiger partial charge on any atom is 0.317 e. The summed E-state index contributed by atoms with van der Waals surface area (Å²) in [6, 6.07) is 4.53. The predicted octanol–water partition coefficient (Wildman–Crippen LogP) is 1.65. The minimum Gasteiger partial charge on any atom is -0.480 e. The van der Waals surface area contributed by atoms with E-state index >= 15 is 0 Å². The fourth-order valence-corrected chi connectivity index (χ4v) is 1.39. The number of rotatable bonds is 4. The maximum absolute atomic E-state index is 12.9. The van der Waals surface area contributed by atoms with Crippen LogP contribution >= 0.6 is 0 Å². The summed E-state index contributed by atoms with van der Waals surface area (Å²) in [7, 11) is 1.69. The first-order valence-corrected chi connectivity index (χ1v) is 4.64. The van der Waals surface area contributed by atoms with Crippen molar-refractivity contribution in [2.75, 3.05) is 13.6 Å². The lowest BCUT2D eigenvalue weighted by atomic mass is 10.1.